The number of rotatable bonds is 4. The van der Waals surface area contributed by atoms with Crippen LogP contribution < -0.4 is 10.9 Å². The number of aromatic nitrogens is 4. The normalized spacial score (nSPS) is 13.5. The van der Waals surface area contributed by atoms with E-state index in [4.69, 9.17) is 0 Å². The summed E-state index contributed by atoms with van der Waals surface area (Å²) in [5.41, 5.74) is 3.57. The van der Waals surface area contributed by atoms with Crippen LogP contribution in [0.3, 0.4) is 0 Å². The average Bonchev–Trinajstić information content (AvgIpc) is 3.32. The lowest BCUT2D eigenvalue weighted by Crippen LogP contribution is -2.32. The minimum atomic E-state index is -0.545. The summed E-state index contributed by atoms with van der Waals surface area (Å²) >= 11 is 0. The zero-order valence-corrected chi connectivity index (χ0v) is 22.5. The summed E-state index contributed by atoms with van der Waals surface area (Å²) in [4.78, 5) is 43.8. The van der Waals surface area contributed by atoms with Gasteiger partial charge in [0.25, 0.3) is 11.5 Å². The third kappa shape index (κ3) is 4.85. The molecule has 6 rings (SSSR count). The van der Waals surface area contributed by atoms with Crippen LogP contribution in [0.5, 0.6) is 0 Å². The SMILES string of the molecule is Cc1nn2cccnc2c1C(=O)N[C@H](C)c1cc2cccc(C#CC3=CC(=O)CC=C3)c2c(=O)n1-c1ccccc1. The second kappa shape index (κ2) is 10.5. The molecular formula is C33H25N5O3. The van der Waals surface area contributed by atoms with Gasteiger partial charge in [0.05, 0.1) is 17.1 Å². The van der Waals surface area contributed by atoms with E-state index in [-0.39, 0.29) is 17.2 Å². The minimum absolute atomic E-state index is 0.00285. The molecule has 0 saturated carbocycles. The van der Waals surface area contributed by atoms with Crippen molar-refractivity contribution in [3.05, 3.63) is 130 Å². The van der Waals surface area contributed by atoms with Crippen molar-refractivity contribution < 1.29 is 9.59 Å². The number of hydrogen-bond acceptors (Lipinski definition) is 5. The summed E-state index contributed by atoms with van der Waals surface area (Å²) in [7, 11) is 0. The van der Waals surface area contributed by atoms with Crippen LogP contribution in [0.2, 0.25) is 0 Å². The first kappa shape index (κ1) is 25.7. The molecule has 3 aromatic heterocycles. The fraction of sp³-hybridized carbons (Fsp3) is 0.121. The van der Waals surface area contributed by atoms with E-state index in [0.717, 1.165) is 0 Å². The van der Waals surface area contributed by atoms with E-state index in [0.29, 0.717) is 56.6 Å². The fourth-order valence-corrected chi connectivity index (χ4v) is 5.05. The highest BCUT2D eigenvalue weighted by atomic mass is 16.2. The molecule has 0 aliphatic heterocycles. The Morgan fingerprint density at radius 3 is 2.68 bits per heavy atom. The number of aryl methyl sites for hydroxylation is 1. The van der Waals surface area contributed by atoms with E-state index in [9.17, 15) is 14.4 Å². The minimum Gasteiger partial charge on any atom is -0.344 e. The summed E-state index contributed by atoms with van der Waals surface area (Å²) in [5.74, 6) is 5.79. The van der Waals surface area contributed by atoms with Crippen LogP contribution in [-0.2, 0) is 4.79 Å². The Labute approximate surface area is 235 Å². The van der Waals surface area contributed by atoms with Gasteiger partial charge in [-0.3, -0.25) is 19.0 Å². The van der Waals surface area contributed by atoms with Crippen LogP contribution in [-0.4, -0.2) is 30.9 Å². The van der Waals surface area contributed by atoms with E-state index in [1.165, 1.54) is 6.08 Å². The van der Waals surface area contributed by atoms with Crippen molar-refractivity contribution in [2.75, 3.05) is 0 Å². The molecule has 0 fully saturated rings. The molecule has 2 aromatic carbocycles. The number of benzene rings is 2. The Balaban J connectivity index is 1.47. The van der Waals surface area contributed by atoms with Crippen LogP contribution in [0.4, 0.5) is 0 Å². The summed E-state index contributed by atoms with van der Waals surface area (Å²) in [5, 5.41) is 8.61. The van der Waals surface area contributed by atoms with E-state index in [1.807, 2.05) is 61.5 Å². The number of hydrogen-bond donors (Lipinski definition) is 1. The lowest BCUT2D eigenvalue weighted by atomic mass is 10.0. The van der Waals surface area contributed by atoms with E-state index < -0.39 is 6.04 Å². The molecule has 1 aliphatic carbocycles. The van der Waals surface area contributed by atoms with Crippen molar-refractivity contribution in [2.45, 2.75) is 26.3 Å². The molecule has 8 heteroatoms. The van der Waals surface area contributed by atoms with E-state index in [2.05, 4.69) is 27.2 Å². The topological polar surface area (TPSA) is 98.4 Å². The highest BCUT2D eigenvalue weighted by Gasteiger charge is 2.23. The number of nitrogens with one attached hydrogen (secondary N) is 1. The van der Waals surface area contributed by atoms with Crippen molar-refractivity contribution in [3.8, 4) is 17.5 Å². The van der Waals surface area contributed by atoms with Gasteiger partial charge >= 0.3 is 0 Å². The van der Waals surface area contributed by atoms with Crippen molar-refractivity contribution in [2.24, 2.45) is 0 Å². The van der Waals surface area contributed by atoms with Crippen LogP contribution >= 0.6 is 0 Å². The number of carbonyl (C=O) groups is 2. The van der Waals surface area contributed by atoms with Crippen molar-refractivity contribution in [3.63, 3.8) is 0 Å². The Morgan fingerprint density at radius 1 is 1.05 bits per heavy atom. The van der Waals surface area contributed by atoms with Gasteiger partial charge < -0.3 is 5.32 Å². The largest absolute Gasteiger partial charge is 0.344 e. The average molecular weight is 540 g/mol. The second-order valence-electron chi connectivity index (χ2n) is 9.78. The number of amides is 1. The molecule has 1 aliphatic rings. The number of carbonyl (C=O) groups excluding carboxylic acids is 2. The lowest BCUT2D eigenvalue weighted by molar-refractivity contribution is -0.113. The molecular weight excluding hydrogens is 514 g/mol. The maximum atomic E-state index is 14.2. The van der Waals surface area contributed by atoms with Crippen LogP contribution in [0, 0.1) is 18.8 Å². The van der Waals surface area contributed by atoms with Gasteiger partial charge in [-0.2, -0.15) is 5.10 Å². The number of para-hydroxylation sites is 1. The Morgan fingerprint density at radius 2 is 1.88 bits per heavy atom. The first-order valence-corrected chi connectivity index (χ1v) is 13.2. The van der Waals surface area contributed by atoms with Gasteiger partial charge in [0.2, 0.25) is 0 Å². The predicted molar refractivity (Wildman–Crippen MR) is 157 cm³/mol. The van der Waals surface area contributed by atoms with Crippen molar-refractivity contribution in [1.82, 2.24) is 24.5 Å². The molecule has 0 saturated heterocycles. The molecule has 200 valence electrons. The summed E-state index contributed by atoms with van der Waals surface area (Å²) in [6.07, 6.45) is 8.84. The molecule has 1 amide bonds. The zero-order chi connectivity index (χ0) is 28.5. The molecule has 0 spiro atoms. The maximum Gasteiger partial charge on any atom is 0.264 e. The monoisotopic (exact) mass is 539 g/mol. The smallest absolute Gasteiger partial charge is 0.264 e. The van der Waals surface area contributed by atoms with Gasteiger partial charge in [0, 0.05) is 41.3 Å². The number of ketones is 1. The Bertz CT molecular complexity index is 2040. The Hall–Kier alpha value is -5.55. The highest BCUT2D eigenvalue weighted by Crippen LogP contribution is 2.24. The molecule has 0 bridgehead atoms. The number of allylic oxidation sites excluding steroid dienone is 4. The van der Waals surface area contributed by atoms with Gasteiger partial charge in [-0.1, -0.05) is 48.2 Å². The molecule has 41 heavy (non-hydrogen) atoms. The van der Waals surface area contributed by atoms with Crippen LogP contribution in [0.25, 0.3) is 22.1 Å². The third-order valence-electron chi connectivity index (χ3n) is 6.95. The Kier molecular flexibility index (Phi) is 6.62. The molecule has 3 heterocycles. The summed E-state index contributed by atoms with van der Waals surface area (Å²) in [6.45, 7) is 3.61. The van der Waals surface area contributed by atoms with Gasteiger partial charge in [0.15, 0.2) is 11.4 Å². The van der Waals surface area contributed by atoms with Crippen molar-refractivity contribution >= 4 is 28.1 Å². The lowest BCUT2D eigenvalue weighted by Gasteiger charge is -2.21. The highest BCUT2D eigenvalue weighted by molar-refractivity contribution is 6.01. The van der Waals surface area contributed by atoms with E-state index >= 15 is 0 Å². The number of nitrogens with zero attached hydrogens (tertiary/aromatic N) is 4. The van der Waals surface area contributed by atoms with Crippen LogP contribution in [0.1, 0.15) is 46.7 Å². The third-order valence-corrected chi connectivity index (χ3v) is 6.95. The maximum absolute atomic E-state index is 14.2. The second-order valence-corrected chi connectivity index (χ2v) is 9.78. The molecule has 1 N–H and O–H groups in total. The summed E-state index contributed by atoms with van der Waals surface area (Å²) < 4.78 is 3.19. The first-order chi connectivity index (χ1) is 19.9. The standard InChI is InChI=1S/C33H25N5O3/c1-21(35-32(40)29-22(2)36-37-18-8-17-34-31(29)37)28-20-25-11-7-10-24(16-15-23-9-6-14-27(39)19-23)30(25)33(41)38(28)26-12-4-3-5-13-26/h3-13,17-21H,14H2,1-2H3,(H,35,40)/t21-/m1/s1. The first-order valence-electron chi connectivity index (χ1n) is 13.2. The fourth-order valence-electron chi connectivity index (χ4n) is 5.05. The van der Waals surface area contributed by atoms with E-state index in [1.54, 1.807) is 46.6 Å². The van der Waals surface area contributed by atoms with Gasteiger partial charge in [-0.25, -0.2) is 9.50 Å². The van der Waals surface area contributed by atoms with Gasteiger partial charge in [0.1, 0.15) is 5.56 Å². The molecule has 8 nitrogen and oxygen atoms in total. The zero-order valence-electron chi connectivity index (χ0n) is 22.5. The number of fused-ring (bicyclic) bond motifs is 2. The molecule has 1 atom stereocenters. The molecule has 0 radical (unpaired) electrons. The quantitative estimate of drug-likeness (QED) is 0.336. The van der Waals surface area contributed by atoms with Crippen molar-refractivity contribution in [1.29, 1.82) is 0 Å². The van der Waals surface area contributed by atoms with Gasteiger partial charge in [-0.05, 0) is 61.7 Å². The van der Waals surface area contributed by atoms with Gasteiger partial charge in [-0.15, -0.1) is 0 Å². The van der Waals surface area contributed by atoms with Crippen LogP contribution in [0.15, 0.2) is 102 Å². The molecule has 0 unspecified atom stereocenters. The summed E-state index contributed by atoms with van der Waals surface area (Å²) in [6, 6.07) is 17.9. The number of pyridine rings is 1. The predicted octanol–water partition coefficient (Wildman–Crippen LogP) is 4.64. The molecule has 5 aromatic rings.